The van der Waals surface area contributed by atoms with Crippen LogP contribution in [0.2, 0.25) is 0 Å². The second-order valence-corrected chi connectivity index (χ2v) is 5.91. The van der Waals surface area contributed by atoms with Gasteiger partial charge in [0.1, 0.15) is 0 Å². The smallest absolute Gasteiger partial charge is 0.0667 e. The van der Waals surface area contributed by atoms with E-state index in [9.17, 15) is 0 Å². The molecule has 2 unspecified atom stereocenters. The largest absolute Gasteiger partial charge is 0.380 e. The number of hydrogen-bond acceptors (Lipinski definition) is 3. The molecule has 0 amide bonds. The minimum Gasteiger partial charge on any atom is -0.380 e. The van der Waals surface area contributed by atoms with Crippen LogP contribution < -0.4 is 11.1 Å². The van der Waals surface area contributed by atoms with Gasteiger partial charge in [0.15, 0.2) is 0 Å². The van der Waals surface area contributed by atoms with E-state index in [2.05, 4.69) is 52.4 Å². The SMILES string of the molecule is COC(C)CNC(C)(CN)Cc1ccc(Br)cc1. The molecule has 0 aromatic heterocycles. The van der Waals surface area contributed by atoms with Gasteiger partial charge in [-0.25, -0.2) is 0 Å². The second-order valence-electron chi connectivity index (χ2n) is 5.00. The fourth-order valence-electron chi connectivity index (χ4n) is 1.73. The predicted octanol–water partition coefficient (Wildman–Crippen LogP) is 2.33. The number of rotatable bonds is 7. The van der Waals surface area contributed by atoms with Crippen LogP contribution in [0.4, 0.5) is 0 Å². The topological polar surface area (TPSA) is 47.3 Å². The highest BCUT2D eigenvalue weighted by Gasteiger charge is 2.22. The zero-order chi connectivity index (χ0) is 13.6. The van der Waals surface area contributed by atoms with Crippen molar-refractivity contribution >= 4 is 15.9 Å². The lowest BCUT2D eigenvalue weighted by Crippen LogP contribution is -2.52. The summed E-state index contributed by atoms with van der Waals surface area (Å²) in [5.41, 5.74) is 7.08. The molecule has 4 heteroatoms. The van der Waals surface area contributed by atoms with Gasteiger partial charge in [0, 0.05) is 30.2 Å². The van der Waals surface area contributed by atoms with Crippen molar-refractivity contribution in [2.24, 2.45) is 5.73 Å². The summed E-state index contributed by atoms with van der Waals surface area (Å²) >= 11 is 3.44. The van der Waals surface area contributed by atoms with Gasteiger partial charge in [-0.3, -0.25) is 0 Å². The van der Waals surface area contributed by atoms with Gasteiger partial charge in [0.25, 0.3) is 0 Å². The van der Waals surface area contributed by atoms with Crippen LogP contribution in [0.1, 0.15) is 19.4 Å². The molecule has 0 aliphatic rings. The summed E-state index contributed by atoms with van der Waals surface area (Å²) in [5, 5.41) is 3.50. The van der Waals surface area contributed by atoms with Crippen LogP contribution >= 0.6 is 15.9 Å². The first kappa shape index (κ1) is 15.6. The quantitative estimate of drug-likeness (QED) is 0.812. The Bertz CT molecular complexity index is 355. The maximum absolute atomic E-state index is 5.90. The Balaban J connectivity index is 2.61. The molecule has 0 aliphatic heterocycles. The average Bonchev–Trinajstić information content (AvgIpc) is 2.39. The Labute approximate surface area is 118 Å². The maximum atomic E-state index is 5.90. The fourth-order valence-corrected chi connectivity index (χ4v) is 2.00. The van der Waals surface area contributed by atoms with E-state index in [1.807, 2.05) is 6.92 Å². The number of benzene rings is 1. The van der Waals surface area contributed by atoms with Crippen LogP contribution in [-0.2, 0) is 11.2 Å². The van der Waals surface area contributed by atoms with Crippen LogP contribution in [0.5, 0.6) is 0 Å². The lowest BCUT2D eigenvalue weighted by atomic mass is 9.92. The van der Waals surface area contributed by atoms with Gasteiger partial charge in [-0.05, 0) is 38.0 Å². The number of nitrogens with one attached hydrogen (secondary N) is 1. The monoisotopic (exact) mass is 314 g/mol. The number of methoxy groups -OCH3 is 1. The third-order valence-electron chi connectivity index (χ3n) is 3.18. The van der Waals surface area contributed by atoms with E-state index in [4.69, 9.17) is 10.5 Å². The second kappa shape index (κ2) is 7.24. The minimum absolute atomic E-state index is 0.0966. The number of halogens is 1. The third-order valence-corrected chi connectivity index (χ3v) is 3.71. The first-order chi connectivity index (χ1) is 8.49. The molecule has 1 aromatic carbocycles. The molecule has 0 saturated heterocycles. The van der Waals surface area contributed by atoms with Gasteiger partial charge in [0.2, 0.25) is 0 Å². The van der Waals surface area contributed by atoms with Gasteiger partial charge in [-0.1, -0.05) is 28.1 Å². The average molecular weight is 315 g/mol. The van der Waals surface area contributed by atoms with E-state index in [0.717, 1.165) is 17.4 Å². The normalized spacial score (nSPS) is 16.3. The van der Waals surface area contributed by atoms with E-state index >= 15 is 0 Å². The van der Waals surface area contributed by atoms with Crippen LogP contribution in [0, 0.1) is 0 Å². The highest BCUT2D eigenvalue weighted by atomic mass is 79.9. The molecule has 0 saturated carbocycles. The summed E-state index contributed by atoms with van der Waals surface area (Å²) in [6.07, 6.45) is 1.11. The Hall–Kier alpha value is -0.420. The zero-order valence-electron chi connectivity index (χ0n) is 11.4. The molecule has 2 atom stereocenters. The molecule has 0 fully saturated rings. The predicted molar refractivity (Wildman–Crippen MR) is 79.8 cm³/mol. The van der Waals surface area contributed by atoms with Gasteiger partial charge < -0.3 is 15.8 Å². The summed E-state index contributed by atoms with van der Waals surface area (Å²) in [4.78, 5) is 0. The lowest BCUT2D eigenvalue weighted by molar-refractivity contribution is 0.108. The van der Waals surface area contributed by atoms with E-state index in [-0.39, 0.29) is 11.6 Å². The molecule has 18 heavy (non-hydrogen) atoms. The standard InChI is InChI=1S/C14H23BrN2O/c1-11(18-3)9-17-14(2,10-16)8-12-4-6-13(15)7-5-12/h4-7,11,17H,8-10,16H2,1-3H3. The van der Waals surface area contributed by atoms with Crippen molar-refractivity contribution in [3.8, 4) is 0 Å². The highest BCUT2D eigenvalue weighted by molar-refractivity contribution is 9.10. The van der Waals surface area contributed by atoms with E-state index in [1.165, 1.54) is 5.56 Å². The molecule has 3 nitrogen and oxygen atoms in total. The van der Waals surface area contributed by atoms with Crippen molar-refractivity contribution in [3.63, 3.8) is 0 Å². The molecular weight excluding hydrogens is 292 g/mol. The molecule has 1 aromatic rings. The van der Waals surface area contributed by atoms with Gasteiger partial charge in [-0.15, -0.1) is 0 Å². The fraction of sp³-hybridized carbons (Fsp3) is 0.571. The lowest BCUT2D eigenvalue weighted by Gasteiger charge is -2.31. The summed E-state index contributed by atoms with van der Waals surface area (Å²) in [6.45, 7) is 5.60. The van der Waals surface area contributed by atoms with Crippen molar-refractivity contribution in [1.29, 1.82) is 0 Å². The van der Waals surface area contributed by atoms with Crippen LogP contribution in [0.15, 0.2) is 28.7 Å². The summed E-state index contributed by atoms with van der Waals surface area (Å²) in [6, 6.07) is 8.37. The number of hydrogen-bond donors (Lipinski definition) is 2. The molecule has 0 radical (unpaired) electrons. The highest BCUT2D eigenvalue weighted by Crippen LogP contribution is 2.16. The first-order valence-corrected chi connectivity index (χ1v) is 7.01. The molecule has 1 rings (SSSR count). The molecule has 0 heterocycles. The van der Waals surface area contributed by atoms with Crippen LogP contribution in [0.3, 0.4) is 0 Å². The van der Waals surface area contributed by atoms with Crippen molar-refractivity contribution in [2.75, 3.05) is 20.2 Å². The molecule has 0 bridgehead atoms. The molecule has 0 aliphatic carbocycles. The van der Waals surface area contributed by atoms with E-state index in [1.54, 1.807) is 7.11 Å². The van der Waals surface area contributed by atoms with Gasteiger partial charge in [0.05, 0.1) is 6.10 Å². The van der Waals surface area contributed by atoms with Crippen LogP contribution in [-0.4, -0.2) is 31.8 Å². The Morgan fingerprint density at radius 1 is 1.39 bits per heavy atom. The molecule has 3 N–H and O–H groups in total. The van der Waals surface area contributed by atoms with Crippen LogP contribution in [0.25, 0.3) is 0 Å². The van der Waals surface area contributed by atoms with Crippen molar-refractivity contribution in [2.45, 2.75) is 31.9 Å². The van der Waals surface area contributed by atoms with E-state index < -0.39 is 0 Å². The Morgan fingerprint density at radius 2 is 2.00 bits per heavy atom. The van der Waals surface area contributed by atoms with Gasteiger partial charge in [-0.2, -0.15) is 0 Å². The Kier molecular flexibility index (Phi) is 6.29. The van der Waals surface area contributed by atoms with Crippen molar-refractivity contribution in [1.82, 2.24) is 5.32 Å². The Morgan fingerprint density at radius 3 is 2.50 bits per heavy atom. The zero-order valence-corrected chi connectivity index (χ0v) is 13.0. The number of ether oxygens (including phenoxy) is 1. The maximum Gasteiger partial charge on any atom is 0.0667 e. The van der Waals surface area contributed by atoms with Crippen molar-refractivity contribution < 1.29 is 4.74 Å². The van der Waals surface area contributed by atoms with Gasteiger partial charge >= 0.3 is 0 Å². The number of nitrogens with two attached hydrogens (primary N) is 1. The third kappa shape index (κ3) is 5.06. The molecule has 102 valence electrons. The minimum atomic E-state index is -0.0966. The molecular formula is C14H23BrN2O. The van der Waals surface area contributed by atoms with E-state index in [0.29, 0.717) is 6.54 Å². The molecule has 0 spiro atoms. The summed E-state index contributed by atoms with van der Waals surface area (Å²) < 4.78 is 6.35. The van der Waals surface area contributed by atoms with Crippen molar-refractivity contribution in [3.05, 3.63) is 34.3 Å². The summed E-state index contributed by atoms with van der Waals surface area (Å²) in [7, 11) is 1.72. The summed E-state index contributed by atoms with van der Waals surface area (Å²) in [5.74, 6) is 0. The first-order valence-electron chi connectivity index (χ1n) is 6.21.